The minimum atomic E-state index is -0.0229. The number of carbonyl (C=O) groups excluding carboxylic acids is 2. The second kappa shape index (κ2) is 9.15. The average molecular weight is 426 g/mol. The lowest BCUT2D eigenvalue weighted by atomic mass is 9.76. The molecule has 4 aliphatic rings. The van der Waals surface area contributed by atoms with Gasteiger partial charge < -0.3 is 20.0 Å². The number of pyridine rings is 1. The zero-order valence-corrected chi connectivity index (χ0v) is 18.5. The van der Waals surface area contributed by atoms with Gasteiger partial charge in [0.15, 0.2) is 0 Å². The standard InChI is InChI=1S/C24H35N5O2/c30-22-8-4-7-21-19-14-18(16-29(21)22)15-28(17-19)23-20(6-5-9-25-23)24(31)26-10-13-27-11-2-1-3-12-27/h5-6,9,18-19,21H,1-4,7-8,10-17H2,(H,26,31)/t18?,19?,21-/m1/s1. The van der Waals surface area contributed by atoms with Crippen molar-refractivity contribution in [3.8, 4) is 0 Å². The van der Waals surface area contributed by atoms with E-state index in [4.69, 9.17) is 0 Å². The predicted octanol–water partition coefficient (Wildman–Crippen LogP) is 2.13. The van der Waals surface area contributed by atoms with Gasteiger partial charge in [-0.2, -0.15) is 0 Å². The predicted molar refractivity (Wildman–Crippen MR) is 120 cm³/mol. The summed E-state index contributed by atoms with van der Waals surface area (Å²) in [6, 6.07) is 4.13. The summed E-state index contributed by atoms with van der Waals surface area (Å²) in [5, 5.41) is 3.13. The summed E-state index contributed by atoms with van der Waals surface area (Å²) in [5.41, 5.74) is 0.678. The highest BCUT2D eigenvalue weighted by atomic mass is 16.2. The van der Waals surface area contributed by atoms with Crippen LogP contribution < -0.4 is 10.2 Å². The van der Waals surface area contributed by atoms with E-state index in [0.29, 0.717) is 42.3 Å². The van der Waals surface area contributed by atoms with Crippen LogP contribution in [0.5, 0.6) is 0 Å². The molecule has 5 heterocycles. The van der Waals surface area contributed by atoms with Crippen molar-refractivity contribution in [2.45, 2.75) is 51.0 Å². The van der Waals surface area contributed by atoms with Crippen molar-refractivity contribution in [3.05, 3.63) is 23.9 Å². The highest BCUT2D eigenvalue weighted by Crippen LogP contribution is 2.39. The molecule has 4 aliphatic heterocycles. The van der Waals surface area contributed by atoms with Crippen LogP contribution in [0.3, 0.4) is 0 Å². The Morgan fingerprint density at radius 1 is 1.13 bits per heavy atom. The second-order valence-corrected chi connectivity index (χ2v) is 9.81. The average Bonchev–Trinajstić information content (AvgIpc) is 2.80. The van der Waals surface area contributed by atoms with Crippen molar-refractivity contribution < 1.29 is 9.59 Å². The Labute approximate surface area is 185 Å². The van der Waals surface area contributed by atoms with Gasteiger partial charge in [-0.1, -0.05) is 6.42 Å². The molecule has 4 saturated heterocycles. The van der Waals surface area contributed by atoms with E-state index in [0.717, 1.165) is 57.9 Å². The number of anilines is 1. The normalized spacial score (nSPS) is 28.9. The van der Waals surface area contributed by atoms with Gasteiger partial charge in [0.05, 0.1) is 5.56 Å². The summed E-state index contributed by atoms with van der Waals surface area (Å²) in [5.74, 6) is 2.07. The van der Waals surface area contributed by atoms with Crippen molar-refractivity contribution in [1.82, 2.24) is 20.1 Å². The van der Waals surface area contributed by atoms with Crippen LogP contribution in [0.25, 0.3) is 0 Å². The Kier molecular flexibility index (Phi) is 6.12. The van der Waals surface area contributed by atoms with Gasteiger partial charge >= 0.3 is 0 Å². The number of carbonyl (C=O) groups is 2. The zero-order chi connectivity index (χ0) is 21.2. The van der Waals surface area contributed by atoms with Gasteiger partial charge in [-0.05, 0) is 69.2 Å². The van der Waals surface area contributed by atoms with Gasteiger partial charge in [-0.3, -0.25) is 9.59 Å². The van der Waals surface area contributed by atoms with Gasteiger partial charge in [0.1, 0.15) is 5.82 Å². The Balaban J connectivity index is 1.25. The molecule has 5 rings (SSSR count). The molecule has 1 N–H and O–H groups in total. The maximum atomic E-state index is 13.0. The molecule has 2 bridgehead atoms. The molecule has 2 amide bonds. The molecule has 31 heavy (non-hydrogen) atoms. The van der Waals surface area contributed by atoms with Crippen molar-refractivity contribution in [1.29, 1.82) is 0 Å². The van der Waals surface area contributed by atoms with Crippen LogP contribution in [0.1, 0.15) is 55.3 Å². The number of nitrogens with one attached hydrogen (secondary N) is 1. The first-order chi connectivity index (χ1) is 15.2. The number of likely N-dealkylation sites (tertiary alicyclic amines) is 1. The fourth-order valence-electron chi connectivity index (χ4n) is 6.21. The topological polar surface area (TPSA) is 68.8 Å². The minimum Gasteiger partial charge on any atom is -0.355 e. The molecule has 0 aliphatic carbocycles. The smallest absolute Gasteiger partial charge is 0.255 e. The first-order valence-corrected chi connectivity index (χ1v) is 12.2. The van der Waals surface area contributed by atoms with Gasteiger partial charge in [0, 0.05) is 51.4 Å². The molecule has 7 nitrogen and oxygen atoms in total. The monoisotopic (exact) mass is 425 g/mol. The highest BCUT2D eigenvalue weighted by Gasteiger charge is 2.44. The maximum absolute atomic E-state index is 13.0. The van der Waals surface area contributed by atoms with Gasteiger partial charge in [-0.25, -0.2) is 4.98 Å². The molecule has 3 atom stereocenters. The van der Waals surface area contributed by atoms with Crippen LogP contribution in [0, 0.1) is 11.8 Å². The molecule has 0 aromatic carbocycles. The highest BCUT2D eigenvalue weighted by molar-refractivity contribution is 5.98. The summed E-state index contributed by atoms with van der Waals surface area (Å²) in [6.45, 7) is 6.50. The number of hydrogen-bond acceptors (Lipinski definition) is 5. The number of nitrogens with zero attached hydrogens (tertiary/aromatic N) is 4. The molecule has 4 fully saturated rings. The van der Waals surface area contributed by atoms with E-state index in [-0.39, 0.29) is 5.91 Å². The van der Waals surface area contributed by atoms with Crippen molar-refractivity contribution in [2.24, 2.45) is 11.8 Å². The van der Waals surface area contributed by atoms with Crippen LogP contribution in [-0.4, -0.2) is 78.5 Å². The molecule has 168 valence electrons. The third kappa shape index (κ3) is 4.43. The molecule has 0 saturated carbocycles. The first kappa shape index (κ1) is 20.7. The second-order valence-electron chi connectivity index (χ2n) is 9.81. The largest absolute Gasteiger partial charge is 0.355 e. The Bertz CT molecular complexity index is 809. The molecular formula is C24H35N5O2. The molecule has 0 radical (unpaired) electrons. The van der Waals surface area contributed by atoms with Crippen LogP contribution in [0.15, 0.2) is 18.3 Å². The van der Waals surface area contributed by atoms with Crippen molar-refractivity contribution in [3.63, 3.8) is 0 Å². The first-order valence-electron chi connectivity index (χ1n) is 12.2. The van der Waals surface area contributed by atoms with Gasteiger partial charge in [-0.15, -0.1) is 0 Å². The van der Waals surface area contributed by atoms with Crippen molar-refractivity contribution >= 4 is 17.6 Å². The SMILES string of the molecule is O=C(NCCN1CCCCC1)c1cccnc1N1CC2CC(C1)[C@H]1CCCC(=O)N1C2. The molecule has 2 unspecified atom stereocenters. The van der Waals surface area contributed by atoms with Crippen LogP contribution in [0.2, 0.25) is 0 Å². The third-order valence-corrected chi connectivity index (χ3v) is 7.67. The number of amides is 2. The Hall–Kier alpha value is -2.15. The van der Waals surface area contributed by atoms with E-state index in [2.05, 4.69) is 25.0 Å². The summed E-state index contributed by atoms with van der Waals surface area (Å²) < 4.78 is 0. The molecule has 1 aromatic rings. The fourth-order valence-corrected chi connectivity index (χ4v) is 6.21. The molecule has 7 heteroatoms. The number of hydrogen-bond donors (Lipinski definition) is 1. The third-order valence-electron chi connectivity index (χ3n) is 7.67. The lowest BCUT2D eigenvalue weighted by Gasteiger charge is -2.52. The molecule has 1 aromatic heterocycles. The van der Waals surface area contributed by atoms with Gasteiger partial charge in [0.2, 0.25) is 5.91 Å². The van der Waals surface area contributed by atoms with E-state index in [1.807, 2.05) is 12.1 Å². The van der Waals surface area contributed by atoms with Crippen LogP contribution in [-0.2, 0) is 4.79 Å². The number of piperidine rings is 4. The lowest BCUT2D eigenvalue weighted by Crippen LogP contribution is -2.60. The Morgan fingerprint density at radius 2 is 2.00 bits per heavy atom. The van der Waals surface area contributed by atoms with Gasteiger partial charge in [0.25, 0.3) is 5.91 Å². The lowest BCUT2D eigenvalue weighted by molar-refractivity contribution is -0.142. The molecule has 0 spiro atoms. The number of aromatic nitrogens is 1. The fraction of sp³-hybridized carbons (Fsp3) is 0.708. The van der Waals surface area contributed by atoms with E-state index in [1.165, 1.54) is 25.7 Å². The summed E-state index contributed by atoms with van der Waals surface area (Å²) in [6.07, 6.45) is 9.67. The van der Waals surface area contributed by atoms with Crippen LogP contribution >= 0.6 is 0 Å². The van der Waals surface area contributed by atoms with E-state index >= 15 is 0 Å². The molecular weight excluding hydrogens is 390 g/mol. The van der Waals surface area contributed by atoms with E-state index in [1.54, 1.807) is 6.20 Å². The summed E-state index contributed by atoms with van der Waals surface area (Å²) in [4.78, 5) is 37.0. The quantitative estimate of drug-likeness (QED) is 0.783. The minimum absolute atomic E-state index is 0.0229. The van der Waals surface area contributed by atoms with E-state index in [9.17, 15) is 9.59 Å². The Morgan fingerprint density at radius 3 is 2.87 bits per heavy atom. The summed E-state index contributed by atoms with van der Waals surface area (Å²) >= 11 is 0. The number of fused-ring (bicyclic) bond motifs is 4. The van der Waals surface area contributed by atoms with E-state index < -0.39 is 0 Å². The zero-order valence-electron chi connectivity index (χ0n) is 18.5. The number of rotatable bonds is 5. The summed E-state index contributed by atoms with van der Waals surface area (Å²) in [7, 11) is 0. The maximum Gasteiger partial charge on any atom is 0.255 e. The van der Waals surface area contributed by atoms with Crippen LogP contribution in [0.4, 0.5) is 5.82 Å². The van der Waals surface area contributed by atoms with Crippen molar-refractivity contribution in [2.75, 3.05) is 50.7 Å².